The van der Waals surface area contributed by atoms with E-state index in [1.54, 1.807) is 18.3 Å². The number of aromatic nitrogens is 1. The maximum absolute atomic E-state index is 12.0. The van der Waals surface area contributed by atoms with Gasteiger partial charge in [-0.2, -0.15) is 0 Å². The molecule has 0 saturated carbocycles. The SMILES string of the molecule is Cc1cncc(C(=O)Nc2cccc(S(N)(=O)=O)c2)c1. The summed E-state index contributed by atoms with van der Waals surface area (Å²) in [6.07, 6.45) is 3.07. The van der Waals surface area contributed by atoms with Gasteiger partial charge in [0.15, 0.2) is 0 Å². The van der Waals surface area contributed by atoms with E-state index < -0.39 is 10.0 Å². The molecule has 0 radical (unpaired) electrons. The lowest BCUT2D eigenvalue weighted by Gasteiger charge is -2.07. The van der Waals surface area contributed by atoms with Crippen LogP contribution in [0.3, 0.4) is 0 Å². The van der Waals surface area contributed by atoms with Crippen LogP contribution in [-0.2, 0) is 10.0 Å². The monoisotopic (exact) mass is 291 g/mol. The van der Waals surface area contributed by atoms with Crippen molar-refractivity contribution in [3.8, 4) is 0 Å². The Hall–Kier alpha value is -2.25. The highest BCUT2D eigenvalue weighted by Crippen LogP contribution is 2.15. The van der Waals surface area contributed by atoms with Crippen LogP contribution in [0.4, 0.5) is 5.69 Å². The van der Waals surface area contributed by atoms with Crippen LogP contribution in [0, 0.1) is 6.92 Å². The van der Waals surface area contributed by atoms with Crippen molar-refractivity contribution in [1.82, 2.24) is 4.98 Å². The van der Waals surface area contributed by atoms with E-state index in [0.717, 1.165) is 5.56 Å². The predicted molar refractivity (Wildman–Crippen MR) is 74.7 cm³/mol. The summed E-state index contributed by atoms with van der Waals surface area (Å²) in [6.45, 7) is 1.82. The van der Waals surface area contributed by atoms with E-state index in [1.165, 1.54) is 24.4 Å². The number of primary sulfonamides is 1. The molecule has 1 aromatic carbocycles. The Balaban J connectivity index is 2.25. The Bertz CT molecular complexity index is 757. The number of aryl methyl sites for hydroxylation is 1. The van der Waals surface area contributed by atoms with Gasteiger partial charge in [-0.05, 0) is 36.8 Å². The molecular formula is C13H13N3O3S. The average molecular weight is 291 g/mol. The van der Waals surface area contributed by atoms with Crippen molar-refractivity contribution >= 4 is 21.6 Å². The minimum Gasteiger partial charge on any atom is -0.322 e. The summed E-state index contributed by atoms with van der Waals surface area (Å²) in [6, 6.07) is 7.43. The molecule has 0 atom stereocenters. The topological polar surface area (TPSA) is 102 Å². The van der Waals surface area contributed by atoms with E-state index in [9.17, 15) is 13.2 Å². The van der Waals surface area contributed by atoms with Crippen molar-refractivity contribution in [2.45, 2.75) is 11.8 Å². The van der Waals surface area contributed by atoms with Crippen LogP contribution >= 0.6 is 0 Å². The number of anilines is 1. The number of amides is 1. The molecule has 2 aromatic rings. The number of carbonyl (C=O) groups is 1. The Morgan fingerprint density at radius 1 is 1.25 bits per heavy atom. The molecule has 0 saturated heterocycles. The highest BCUT2D eigenvalue weighted by atomic mass is 32.2. The lowest BCUT2D eigenvalue weighted by atomic mass is 10.2. The second-order valence-electron chi connectivity index (χ2n) is 4.28. The maximum Gasteiger partial charge on any atom is 0.257 e. The van der Waals surface area contributed by atoms with Crippen molar-refractivity contribution in [2.75, 3.05) is 5.32 Å². The first-order valence-electron chi connectivity index (χ1n) is 5.72. The third-order valence-corrected chi connectivity index (χ3v) is 3.47. The number of rotatable bonds is 3. The van der Waals surface area contributed by atoms with E-state index in [4.69, 9.17) is 5.14 Å². The largest absolute Gasteiger partial charge is 0.322 e. The van der Waals surface area contributed by atoms with Gasteiger partial charge < -0.3 is 5.32 Å². The van der Waals surface area contributed by atoms with Crippen LogP contribution < -0.4 is 10.5 Å². The lowest BCUT2D eigenvalue weighted by Crippen LogP contribution is -2.15. The summed E-state index contributed by atoms with van der Waals surface area (Å²) in [7, 11) is -3.80. The van der Waals surface area contributed by atoms with Crippen molar-refractivity contribution in [1.29, 1.82) is 0 Å². The molecule has 0 aliphatic carbocycles. The van der Waals surface area contributed by atoms with Crippen molar-refractivity contribution in [3.63, 3.8) is 0 Å². The molecule has 0 unspecified atom stereocenters. The first kappa shape index (κ1) is 14.2. The molecule has 0 aliphatic rings. The number of nitrogens with zero attached hydrogens (tertiary/aromatic N) is 1. The lowest BCUT2D eigenvalue weighted by molar-refractivity contribution is 0.102. The highest BCUT2D eigenvalue weighted by molar-refractivity contribution is 7.89. The number of pyridine rings is 1. The fraction of sp³-hybridized carbons (Fsp3) is 0.0769. The summed E-state index contributed by atoms with van der Waals surface area (Å²) in [4.78, 5) is 15.9. The molecule has 1 aromatic heterocycles. The van der Waals surface area contributed by atoms with Crippen LogP contribution in [-0.4, -0.2) is 19.3 Å². The number of nitrogens with one attached hydrogen (secondary N) is 1. The minimum atomic E-state index is -3.80. The molecule has 7 heteroatoms. The standard InChI is InChI=1S/C13H13N3O3S/c1-9-5-10(8-15-7-9)13(17)16-11-3-2-4-12(6-11)20(14,18)19/h2-8H,1H3,(H,16,17)(H2,14,18,19). The third kappa shape index (κ3) is 3.40. The number of benzene rings is 1. The van der Waals surface area contributed by atoms with Crippen LogP contribution in [0.5, 0.6) is 0 Å². The van der Waals surface area contributed by atoms with E-state index in [-0.39, 0.29) is 10.8 Å². The molecule has 20 heavy (non-hydrogen) atoms. The maximum atomic E-state index is 12.0. The van der Waals surface area contributed by atoms with Crippen molar-refractivity contribution in [3.05, 3.63) is 53.9 Å². The molecule has 0 fully saturated rings. The summed E-state index contributed by atoms with van der Waals surface area (Å²) < 4.78 is 22.5. The van der Waals surface area contributed by atoms with Gasteiger partial charge in [0.05, 0.1) is 10.5 Å². The first-order chi connectivity index (χ1) is 9.36. The minimum absolute atomic E-state index is 0.0577. The van der Waals surface area contributed by atoms with Gasteiger partial charge in [0.1, 0.15) is 0 Å². The molecule has 104 valence electrons. The van der Waals surface area contributed by atoms with Crippen LogP contribution in [0.25, 0.3) is 0 Å². The van der Waals surface area contributed by atoms with Gasteiger partial charge in [-0.15, -0.1) is 0 Å². The Morgan fingerprint density at radius 3 is 2.65 bits per heavy atom. The van der Waals surface area contributed by atoms with Crippen molar-refractivity contribution in [2.24, 2.45) is 5.14 Å². The molecule has 0 bridgehead atoms. The van der Waals surface area contributed by atoms with Crippen LogP contribution in [0.1, 0.15) is 15.9 Å². The van der Waals surface area contributed by atoms with Gasteiger partial charge in [-0.25, -0.2) is 13.6 Å². The Labute approximate surface area is 116 Å². The Kier molecular flexibility index (Phi) is 3.82. The number of carbonyl (C=O) groups excluding carboxylic acids is 1. The molecule has 6 nitrogen and oxygen atoms in total. The second-order valence-corrected chi connectivity index (χ2v) is 5.84. The fourth-order valence-corrected chi connectivity index (χ4v) is 2.19. The van der Waals surface area contributed by atoms with Gasteiger partial charge in [-0.3, -0.25) is 9.78 Å². The van der Waals surface area contributed by atoms with Crippen LogP contribution in [0.15, 0.2) is 47.6 Å². The fourth-order valence-electron chi connectivity index (χ4n) is 1.63. The van der Waals surface area contributed by atoms with Gasteiger partial charge in [0.2, 0.25) is 10.0 Å². The van der Waals surface area contributed by atoms with Gasteiger partial charge in [0.25, 0.3) is 5.91 Å². The highest BCUT2D eigenvalue weighted by Gasteiger charge is 2.10. The summed E-state index contributed by atoms with van der Waals surface area (Å²) in [5.74, 6) is -0.368. The van der Waals surface area contributed by atoms with E-state index in [2.05, 4.69) is 10.3 Å². The van der Waals surface area contributed by atoms with Gasteiger partial charge >= 0.3 is 0 Å². The number of hydrogen-bond acceptors (Lipinski definition) is 4. The molecule has 0 aliphatic heterocycles. The normalized spacial score (nSPS) is 11.1. The Morgan fingerprint density at radius 2 is 2.00 bits per heavy atom. The zero-order chi connectivity index (χ0) is 14.8. The molecule has 0 spiro atoms. The summed E-state index contributed by atoms with van der Waals surface area (Å²) in [5.41, 5.74) is 1.60. The summed E-state index contributed by atoms with van der Waals surface area (Å²) in [5, 5.41) is 7.64. The van der Waals surface area contributed by atoms with E-state index in [1.807, 2.05) is 6.92 Å². The average Bonchev–Trinajstić information content (AvgIpc) is 2.38. The molecule has 2 rings (SSSR count). The number of nitrogens with two attached hydrogens (primary N) is 1. The number of hydrogen-bond donors (Lipinski definition) is 2. The zero-order valence-electron chi connectivity index (χ0n) is 10.7. The van der Waals surface area contributed by atoms with Gasteiger partial charge in [-0.1, -0.05) is 6.07 Å². The smallest absolute Gasteiger partial charge is 0.257 e. The molecular weight excluding hydrogens is 278 g/mol. The summed E-state index contributed by atoms with van der Waals surface area (Å²) >= 11 is 0. The number of sulfonamides is 1. The van der Waals surface area contributed by atoms with E-state index in [0.29, 0.717) is 11.3 Å². The molecule has 1 heterocycles. The van der Waals surface area contributed by atoms with E-state index >= 15 is 0 Å². The predicted octanol–water partition coefficient (Wildman–Crippen LogP) is 1.29. The molecule has 1 amide bonds. The first-order valence-corrected chi connectivity index (χ1v) is 7.27. The van der Waals surface area contributed by atoms with Crippen LogP contribution in [0.2, 0.25) is 0 Å². The third-order valence-electron chi connectivity index (χ3n) is 2.56. The zero-order valence-corrected chi connectivity index (χ0v) is 11.5. The van der Waals surface area contributed by atoms with Crippen molar-refractivity contribution < 1.29 is 13.2 Å². The molecule has 3 N–H and O–H groups in total. The second kappa shape index (κ2) is 5.40. The van der Waals surface area contributed by atoms with Gasteiger partial charge in [0, 0.05) is 18.1 Å². The quantitative estimate of drug-likeness (QED) is 0.889.